The minimum atomic E-state index is -0.395. The Bertz CT molecular complexity index is 465. The van der Waals surface area contributed by atoms with Crippen molar-refractivity contribution >= 4 is 5.95 Å². The predicted octanol–water partition coefficient (Wildman–Crippen LogP) is 1.41. The first kappa shape index (κ1) is 14.7. The smallest absolute Gasteiger partial charge is 0.225 e. The van der Waals surface area contributed by atoms with E-state index in [9.17, 15) is 4.39 Å². The van der Waals surface area contributed by atoms with Crippen molar-refractivity contribution in [3.63, 3.8) is 0 Å². The molecular formula is C15H23FN4O. The van der Waals surface area contributed by atoms with Crippen LogP contribution in [-0.4, -0.2) is 60.3 Å². The minimum Gasteiger partial charge on any atom is -0.376 e. The average molecular weight is 294 g/mol. The number of halogens is 1. The summed E-state index contributed by atoms with van der Waals surface area (Å²) in [4.78, 5) is 12.7. The summed E-state index contributed by atoms with van der Waals surface area (Å²) < 4.78 is 18.9. The number of ether oxygens (including phenoxy) is 1. The van der Waals surface area contributed by atoms with Gasteiger partial charge < -0.3 is 14.5 Å². The van der Waals surface area contributed by atoms with Gasteiger partial charge >= 0.3 is 0 Å². The van der Waals surface area contributed by atoms with Gasteiger partial charge in [-0.2, -0.15) is 0 Å². The van der Waals surface area contributed by atoms with E-state index in [4.69, 9.17) is 4.74 Å². The van der Waals surface area contributed by atoms with E-state index in [2.05, 4.69) is 33.6 Å². The van der Waals surface area contributed by atoms with E-state index >= 15 is 0 Å². The molecule has 2 aliphatic heterocycles. The molecule has 3 heterocycles. The van der Waals surface area contributed by atoms with Crippen molar-refractivity contribution in [2.24, 2.45) is 11.8 Å². The van der Waals surface area contributed by atoms with Gasteiger partial charge in [0.15, 0.2) is 5.82 Å². The number of anilines is 1. The largest absolute Gasteiger partial charge is 0.376 e. The van der Waals surface area contributed by atoms with E-state index in [1.54, 1.807) is 0 Å². The number of fused-ring (bicyclic) bond motifs is 1. The first-order chi connectivity index (χ1) is 10.2. The molecule has 0 N–H and O–H groups in total. The molecular weight excluding hydrogens is 271 g/mol. The number of hydrogen-bond acceptors (Lipinski definition) is 5. The van der Waals surface area contributed by atoms with Gasteiger partial charge in [-0.05, 0) is 13.1 Å². The molecule has 0 spiro atoms. The zero-order valence-corrected chi connectivity index (χ0v) is 12.7. The number of rotatable bonds is 5. The van der Waals surface area contributed by atoms with Crippen molar-refractivity contribution in [1.29, 1.82) is 0 Å². The Morgan fingerprint density at radius 2 is 2.00 bits per heavy atom. The SMILES string of the molecule is CCN(CC)C[C@H]1CO[C@@H]2CN(c3ncc(F)cn3)C[C@H]12. The highest BCUT2D eigenvalue weighted by atomic mass is 19.1. The summed E-state index contributed by atoms with van der Waals surface area (Å²) in [5, 5.41) is 0. The topological polar surface area (TPSA) is 41.5 Å². The molecule has 0 unspecified atom stereocenters. The molecule has 0 radical (unpaired) electrons. The molecule has 2 aliphatic rings. The quantitative estimate of drug-likeness (QED) is 0.821. The third-order valence-corrected chi connectivity index (χ3v) is 4.72. The Morgan fingerprint density at radius 3 is 2.67 bits per heavy atom. The maximum Gasteiger partial charge on any atom is 0.225 e. The Balaban J connectivity index is 1.64. The molecule has 0 bridgehead atoms. The Kier molecular flexibility index (Phi) is 4.35. The predicted molar refractivity (Wildman–Crippen MR) is 78.7 cm³/mol. The van der Waals surface area contributed by atoms with Crippen LogP contribution in [0.15, 0.2) is 12.4 Å². The van der Waals surface area contributed by atoms with Crippen LogP contribution in [0.3, 0.4) is 0 Å². The number of hydrogen-bond donors (Lipinski definition) is 0. The summed E-state index contributed by atoms with van der Waals surface area (Å²) in [6, 6.07) is 0. The van der Waals surface area contributed by atoms with Crippen molar-refractivity contribution < 1.29 is 9.13 Å². The molecule has 0 aliphatic carbocycles. The van der Waals surface area contributed by atoms with Crippen molar-refractivity contribution in [2.45, 2.75) is 20.0 Å². The van der Waals surface area contributed by atoms with Gasteiger partial charge in [-0.1, -0.05) is 13.8 Å². The van der Waals surface area contributed by atoms with Crippen molar-refractivity contribution in [3.8, 4) is 0 Å². The van der Waals surface area contributed by atoms with Gasteiger partial charge in [0.2, 0.25) is 5.95 Å². The van der Waals surface area contributed by atoms with Gasteiger partial charge in [-0.3, -0.25) is 0 Å². The van der Waals surface area contributed by atoms with Gasteiger partial charge in [0.1, 0.15) is 0 Å². The van der Waals surface area contributed by atoms with E-state index in [0.717, 1.165) is 39.3 Å². The molecule has 3 rings (SSSR count). The van der Waals surface area contributed by atoms with Gasteiger partial charge in [0.25, 0.3) is 0 Å². The first-order valence-electron chi connectivity index (χ1n) is 7.77. The first-order valence-corrected chi connectivity index (χ1v) is 7.77. The van der Waals surface area contributed by atoms with Crippen LogP contribution in [-0.2, 0) is 4.74 Å². The highest BCUT2D eigenvalue weighted by Crippen LogP contribution is 2.35. The van der Waals surface area contributed by atoms with Crippen molar-refractivity contribution in [3.05, 3.63) is 18.2 Å². The summed E-state index contributed by atoms with van der Waals surface area (Å²) in [5.74, 6) is 1.31. The molecule has 2 fully saturated rings. The van der Waals surface area contributed by atoms with Gasteiger partial charge in [-0.15, -0.1) is 0 Å². The Labute approximate surface area is 125 Å². The third kappa shape index (κ3) is 3.01. The Morgan fingerprint density at radius 1 is 1.29 bits per heavy atom. The fourth-order valence-electron chi connectivity index (χ4n) is 3.43. The van der Waals surface area contributed by atoms with E-state index in [-0.39, 0.29) is 6.10 Å². The van der Waals surface area contributed by atoms with Gasteiger partial charge in [-0.25, -0.2) is 14.4 Å². The number of aromatic nitrogens is 2. The lowest BCUT2D eigenvalue weighted by Crippen LogP contribution is -2.34. The van der Waals surface area contributed by atoms with Crippen LogP contribution in [0.2, 0.25) is 0 Å². The maximum atomic E-state index is 12.9. The van der Waals surface area contributed by atoms with Crippen LogP contribution >= 0.6 is 0 Å². The molecule has 0 saturated carbocycles. The molecule has 2 saturated heterocycles. The van der Waals surface area contributed by atoms with Crippen LogP contribution in [0.25, 0.3) is 0 Å². The van der Waals surface area contributed by atoms with Crippen molar-refractivity contribution in [2.75, 3.05) is 44.2 Å². The highest BCUT2D eigenvalue weighted by molar-refractivity contribution is 5.32. The zero-order chi connectivity index (χ0) is 14.8. The Hall–Kier alpha value is -1.27. The van der Waals surface area contributed by atoms with Gasteiger partial charge in [0, 0.05) is 31.5 Å². The normalized spacial score (nSPS) is 28.4. The van der Waals surface area contributed by atoms with Crippen LogP contribution in [0.5, 0.6) is 0 Å². The molecule has 116 valence electrons. The van der Waals surface area contributed by atoms with Crippen LogP contribution in [0.4, 0.5) is 10.3 Å². The standard InChI is InChI=1S/C15H23FN4O/c1-3-19(4-2)7-11-10-21-14-9-20(8-13(11)14)15-17-5-12(16)6-18-15/h5-6,11,13-14H,3-4,7-10H2,1-2H3/t11-,13+,14+/m0/s1. The van der Waals surface area contributed by atoms with E-state index < -0.39 is 5.82 Å². The summed E-state index contributed by atoms with van der Waals surface area (Å²) in [7, 11) is 0. The zero-order valence-electron chi connectivity index (χ0n) is 12.7. The van der Waals surface area contributed by atoms with Crippen LogP contribution in [0, 0.1) is 17.7 Å². The summed E-state index contributed by atoms with van der Waals surface area (Å²) in [6.07, 6.45) is 2.72. The molecule has 21 heavy (non-hydrogen) atoms. The fraction of sp³-hybridized carbons (Fsp3) is 0.733. The highest BCUT2D eigenvalue weighted by Gasteiger charge is 2.44. The summed E-state index contributed by atoms with van der Waals surface area (Å²) in [5.41, 5.74) is 0. The lowest BCUT2D eigenvalue weighted by Gasteiger charge is -2.25. The molecule has 1 aromatic rings. The van der Waals surface area contributed by atoms with E-state index in [1.807, 2.05) is 0 Å². The maximum absolute atomic E-state index is 12.9. The van der Waals surface area contributed by atoms with Crippen LogP contribution in [0.1, 0.15) is 13.8 Å². The van der Waals surface area contributed by atoms with Gasteiger partial charge in [0.05, 0.1) is 25.1 Å². The molecule has 6 heteroatoms. The summed E-state index contributed by atoms with van der Waals surface area (Å²) >= 11 is 0. The lowest BCUT2D eigenvalue weighted by molar-refractivity contribution is 0.109. The fourth-order valence-corrected chi connectivity index (χ4v) is 3.43. The monoisotopic (exact) mass is 294 g/mol. The molecule has 3 atom stereocenters. The minimum absolute atomic E-state index is 0.263. The van der Waals surface area contributed by atoms with E-state index in [1.165, 1.54) is 12.4 Å². The second kappa shape index (κ2) is 6.23. The number of nitrogens with zero attached hydrogens (tertiary/aromatic N) is 4. The molecule has 0 amide bonds. The lowest BCUT2D eigenvalue weighted by atomic mass is 9.92. The second-order valence-electron chi connectivity index (χ2n) is 5.89. The van der Waals surface area contributed by atoms with Crippen LogP contribution < -0.4 is 4.90 Å². The molecule has 0 aromatic carbocycles. The average Bonchev–Trinajstić information content (AvgIpc) is 3.07. The molecule has 5 nitrogen and oxygen atoms in total. The van der Waals surface area contributed by atoms with E-state index in [0.29, 0.717) is 17.8 Å². The summed E-state index contributed by atoms with van der Waals surface area (Å²) in [6.45, 7) is 10.2. The van der Waals surface area contributed by atoms with Crippen molar-refractivity contribution in [1.82, 2.24) is 14.9 Å². The second-order valence-corrected chi connectivity index (χ2v) is 5.89. The molecule has 1 aromatic heterocycles. The third-order valence-electron chi connectivity index (χ3n) is 4.72.